The molecule has 0 saturated carbocycles. The van der Waals surface area contributed by atoms with Crippen molar-refractivity contribution in [1.82, 2.24) is 9.88 Å². The molecule has 0 unspecified atom stereocenters. The summed E-state index contributed by atoms with van der Waals surface area (Å²) >= 11 is 3.59. The minimum Gasteiger partial charge on any atom is -0.296 e. The van der Waals surface area contributed by atoms with E-state index in [1.54, 1.807) is 0 Å². The van der Waals surface area contributed by atoms with Crippen molar-refractivity contribution in [3.8, 4) is 0 Å². The normalized spacial score (nSPS) is 21.6. The van der Waals surface area contributed by atoms with Crippen LogP contribution in [0.4, 0.5) is 0 Å². The lowest BCUT2D eigenvalue weighted by Crippen LogP contribution is -2.34. The molecular formula is C14H21BrN2. The number of halogens is 1. The van der Waals surface area contributed by atoms with E-state index in [1.807, 2.05) is 12.3 Å². The van der Waals surface area contributed by atoms with Crippen molar-refractivity contribution in [2.45, 2.75) is 45.1 Å². The van der Waals surface area contributed by atoms with Crippen molar-refractivity contribution in [3.05, 3.63) is 28.5 Å². The fourth-order valence-corrected chi connectivity index (χ4v) is 3.13. The van der Waals surface area contributed by atoms with Gasteiger partial charge in [-0.2, -0.15) is 0 Å². The minimum atomic E-state index is 0.568. The predicted octanol–water partition coefficient (Wildman–Crippen LogP) is 4.17. The van der Waals surface area contributed by atoms with E-state index in [1.165, 1.54) is 50.8 Å². The molecule has 2 heterocycles. The molecule has 2 rings (SSSR count). The molecule has 94 valence electrons. The molecule has 1 fully saturated rings. The molecule has 0 spiro atoms. The molecule has 1 atom stereocenters. The second-order valence-corrected chi connectivity index (χ2v) is 5.54. The Balaban J connectivity index is 2.13. The van der Waals surface area contributed by atoms with Crippen LogP contribution in [0.1, 0.15) is 50.6 Å². The van der Waals surface area contributed by atoms with Gasteiger partial charge >= 0.3 is 0 Å². The van der Waals surface area contributed by atoms with Gasteiger partial charge in [-0.3, -0.25) is 4.90 Å². The molecule has 0 aromatic carbocycles. The van der Waals surface area contributed by atoms with Crippen molar-refractivity contribution >= 4 is 15.9 Å². The molecule has 17 heavy (non-hydrogen) atoms. The lowest BCUT2D eigenvalue weighted by molar-refractivity contribution is 0.146. The van der Waals surface area contributed by atoms with Crippen LogP contribution in [0.15, 0.2) is 22.9 Å². The Hall–Kier alpha value is -0.410. The Bertz CT molecular complexity index is 354. The third kappa shape index (κ3) is 3.29. The topological polar surface area (TPSA) is 16.1 Å². The van der Waals surface area contributed by atoms with E-state index in [2.05, 4.69) is 38.8 Å². The number of rotatable bonds is 4. The van der Waals surface area contributed by atoms with Gasteiger partial charge in [0.05, 0.1) is 0 Å². The monoisotopic (exact) mass is 296 g/mol. The van der Waals surface area contributed by atoms with Crippen LogP contribution in [-0.4, -0.2) is 23.0 Å². The number of hydrogen-bond donors (Lipinski definition) is 0. The van der Waals surface area contributed by atoms with Gasteiger partial charge in [0, 0.05) is 17.8 Å². The van der Waals surface area contributed by atoms with Gasteiger partial charge in [0.2, 0.25) is 0 Å². The summed E-state index contributed by atoms with van der Waals surface area (Å²) in [5, 5.41) is 0. The zero-order chi connectivity index (χ0) is 12.1. The maximum absolute atomic E-state index is 4.36. The zero-order valence-electron chi connectivity index (χ0n) is 10.5. The summed E-state index contributed by atoms with van der Waals surface area (Å²) < 4.78 is 1.02. The molecule has 0 amide bonds. The number of nitrogens with zero attached hydrogens (tertiary/aromatic N) is 2. The van der Waals surface area contributed by atoms with Crippen LogP contribution in [0.5, 0.6) is 0 Å². The molecule has 0 aliphatic carbocycles. The zero-order valence-corrected chi connectivity index (χ0v) is 12.1. The van der Waals surface area contributed by atoms with Gasteiger partial charge in [-0.05, 0) is 54.3 Å². The van der Waals surface area contributed by atoms with E-state index < -0.39 is 0 Å². The highest BCUT2D eigenvalue weighted by Crippen LogP contribution is 2.33. The van der Waals surface area contributed by atoms with Crippen molar-refractivity contribution < 1.29 is 0 Å². The van der Waals surface area contributed by atoms with E-state index >= 15 is 0 Å². The summed E-state index contributed by atoms with van der Waals surface area (Å²) in [6.45, 7) is 4.73. The number of aromatic nitrogens is 1. The fourth-order valence-electron chi connectivity index (χ4n) is 2.62. The van der Waals surface area contributed by atoms with E-state index in [9.17, 15) is 0 Å². The number of hydrogen-bond acceptors (Lipinski definition) is 2. The lowest BCUT2D eigenvalue weighted by Gasteiger charge is -2.36. The van der Waals surface area contributed by atoms with Crippen LogP contribution in [0.3, 0.4) is 0 Å². The molecule has 3 heteroatoms. The Morgan fingerprint density at radius 3 is 3.12 bits per heavy atom. The molecule has 0 bridgehead atoms. The van der Waals surface area contributed by atoms with Crippen LogP contribution < -0.4 is 0 Å². The molecule has 1 aromatic rings. The number of piperidine rings is 1. The van der Waals surface area contributed by atoms with Crippen LogP contribution in [0.25, 0.3) is 0 Å². The van der Waals surface area contributed by atoms with E-state index in [4.69, 9.17) is 0 Å². The summed E-state index contributed by atoms with van der Waals surface area (Å²) in [5.41, 5.74) is 1.36. The van der Waals surface area contributed by atoms with Crippen molar-refractivity contribution in [3.63, 3.8) is 0 Å². The van der Waals surface area contributed by atoms with Gasteiger partial charge in [-0.1, -0.05) is 25.8 Å². The van der Waals surface area contributed by atoms with E-state index in [-0.39, 0.29) is 0 Å². The first-order valence-electron chi connectivity index (χ1n) is 6.67. The van der Waals surface area contributed by atoms with Gasteiger partial charge in [-0.25, -0.2) is 4.98 Å². The van der Waals surface area contributed by atoms with Crippen LogP contribution >= 0.6 is 15.9 Å². The van der Waals surface area contributed by atoms with Gasteiger partial charge in [-0.15, -0.1) is 0 Å². The van der Waals surface area contributed by atoms with Gasteiger partial charge in [0.15, 0.2) is 0 Å². The first-order chi connectivity index (χ1) is 8.33. The molecule has 0 N–H and O–H groups in total. The Kier molecular flexibility index (Phi) is 4.99. The standard InChI is InChI=1S/C14H21BrN2/c1-2-3-10-17-11-5-4-8-13(17)12-7-6-9-16-14(12)15/h6-7,9,13H,2-5,8,10-11H2,1H3/t13-/m0/s1. The van der Waals surface area contributed by atoms with E-state index in [0.717, 1.165) is 4.60 Å². The number of pyridine rings is 1. The first-order valence-corrected chi connectivity index (χ1v) is 7.46. The molecule has 2 nitrogen and oxygen atoms in total. The quantitative estimate of drug-likeness (QED) is 0.775. The third-order valence-electron chi connectivity index (χ3n) is 3.56. The van der Waals surface area contributed by atoms with Gasteiger partial charge in [0.1, 0.15) is 4.60 Å². The summed E-state index contributed by atoms with van der Waals surface area (Å²) in [6, 6.07) is 4.83. The molecule has 1 aliphatic heterocycles. The van der Waals surface area contributed by atoms with Crippen molar-refractivity contribution in [1.29, 1.82) is 0 Å². The number of unbranched alkanes of at least 4 members (excludes halogenated alkanes) is 1. The van der Waals surface area contributed by atoms with Crippen molar-refractivity contribution in [2.24, 2.45) is 0 Å². The summed E-state index contributed by atoms with van der Waals surface area (Å²) in [5.74, 6) is 0. The molecule has 1 aliphatic rings. The smallest absolute Gasteiger partial charge is 0.110 e. The third-order valence-corrected chi connectivity index (χ3v) is 4.22. The first kappa shape index (κ1) is 13.0. The fraction of sp³-hybridized carbons (Fsp3) is 0.643. The highest BCUT2D eigenvalue weighted by atomic mass is 79.9. The molecule has 1 saturated heterocycles. The van der Waals surface area contributed by atoms with Gasteiger partial charge < -0.3 is 0 Å². The van der Waals surface area contributed by atoms with E-state index in [0.29, 0.717) is 6.04 Å². The van der Waals surface area contributed by atoms with Crippen LogP contribution in [-0.2, 0) is 0 Å². The molecule has 0 radical (unpaired) electrons. The highest BCUT2D eigenvalue weighted by Gasteiger charge is 2.24. The predicted molar refractivity (Wildman–Crippen MR) is 75.0 cm³/mol. The maximum Gasteiger partial charge on any atom is 0.110 e. The maximum atomic E-state index is 4.36. The van der Waals surface area contributed by atoms with Crippen LogP contribution in [0, 0.1) is 0 Å². The SMILES string of the molecule is CCCCN1CCCC[C@H]1c1cccnc1Br. The Labute approximate surface area is 113 Å². The Morgan fingerprint density at radius 1 is 1.47 bits per heavy atom. The molecular weight excluding hydrogens is 276 g/mol. The average Bonchev–Trinajstić information content (AvgIpc) is 2.37. The number of likely N-dealkylation sites (tertiary alicyclic amines) is 1. The van der Waals surface area contributed by atoms with Crippen molar-refractivity contribution in [2.75, 3.05) is 13.1 Å². The van der Waals surface area contributed by atoms with Crippen LogP contribution in [0.2, 0.25) is 0 Å². The summed E-state index contributed by atoms with van der Waals surface area (Å²) in [4.78, 5) is 6.99. The highest BCUT2D eigenvalue weighted by molar-refractivity contribution is 9.10. The summed E-state index contributed by atoms with van der Waals surface area (Å²) in [6.07, 6.45) is 8.39. The Morgan fingerprint density at radius 2 is 2.35 bits per heavy atom. The second kappa shape index (κ2) is 6.50. The largest absolute Gasteiger partial charge is 0.296 e. The second-order valence-electron chi connectivity index (χ2n) is 4.78. The molecule has 1 aromatic heterocycles. The summed E-state index contributed by atoms with van der Waals surface area (Å²) in [7, 11) is 0. The minimum absolute atomic E-state index is 0.568. The lowest BCUT2D eigenvalue weighted by atomic mass is 9.96. The average molecular weight is 297 g/mol. The van der Waals surface area contributed by atoms with Gasteiger partial charge in [0.25, 0.3) is 0 Å².